The van der Waals surface area contributed by atoms with Gasteiger partial charge < -0.3 is 5.32 Å². The summed E-state index contributed by atoms with van der Waals surface area (Å²) in [7, 11) is 0. The van der Waals surface area contributed by atoms with Gasteiger partial charge >= 0.3 is 5.69 Å². The van der Waals surface area contributed by atoms with Crippen LogP contribution in [0.25, 0.3) is 10.2 Å². The average Bonchev–Trinajstić information content (AvgIpc) is 3.08. The quantitative estimate of drug-likeness (QED) is 0.568. The van der Waals surface area contributed by atoms with Crippen molar-refractivity contribution in [3.05, 3.63) is 45.7 Å². The molecular formula is C12H11N5O2S. The second kappa shape index (κ2) is 4.89. The normalized spacial score (nSPS) is 12.4. The van der Waals surface area contributed by atoms with Gasteiger partial charge in [0.2, 0.25) is 0 Å². The Labute approximate surface area is 117 Å². The van der Waals surface area contributed by atoms with E-state index in [4.69, 9.17) is 0 Å². The van der Waals surface area contributed by atoms with E-state index in [2.05, 4.69) is 20.5 Å². The molecule has 3 aromatic rings. The Morgan fingerprint density at radius 3 is 3.05 bits per heavy atom. The van der Waals surface area contributed by atoms with Crippen LogP contribution >= 0.6 is 11.3 Å². The van der Waals surface area contributed by atoms with Gasteiger partial charge in [-0.2, -0.15) is 5.10 Å². The molecule has 8 heteroatoms. The first-order valence-electron chi connectivity index (χ1n) is 5.92. The van der Waals surface area contributed by atoms with Crippen LogP contribution < -0.4 is 5.32 Å². The van der Waals surface area contributed by atoms with Crippen molar-refractivity contribution in [1.29, 1.82) is 0 Å². The molecule has 1 unspecified atom stereocenters. The van der Waals surface area contributed by atoms with E-state index in [1.54, 1.807) is 24.0 Å². The Morgan fingerprint density at radius 2 is 2.35 bits per heavy atom. The molecule has 2 aromatic heterocycles. The number of H-pyrrole nitrogens is 1. The molecule has 1 atom stereocenters. The van der Waals surface area contributed by atoms with Crippen molar-refractivity contribution in [2.45, 2.75) is 13.0 Å². The number of aromatic amines is 1. The number of benzene rings is 1. The first-order chi connectivity index (χ1) is 9.66. The lowest BCUT2D eigenvalue weighted by Crippen LogP contribution is -2.07. The molecule has 0 saturated heterocycles. The van der Waals surface area contributed by atoms with Gasteiger partial charge in [0.1, 0.15) is 5.69 Å². The highest BCUT2D eigenvalue weighted by Crippen LogP contribution is 2.35. The third-order valence-electron chi connectivity index (χ3n) is 3.05. The van der Waals surface area contributed by atoms with E-state index in [1.807, 2.05) is 13.0 Å². The molecule has 1 aromatic carbocycles. The number of fused-ring (bicyclic) bond motifs is 1. The van der Waals surface area contributed by atoms with Crippen LogP contribution in [-0.4, -0.2) is 20.1 Å². The monoisotopic (exact) mass is 289 g/mol. The highest BCUT2D eigenvalue weighted by Gasteiger charge is 2.22. The molecule has 2 N–H and O–H groups in total. The van der Waals surface area contributed by atoms with E-state index in [0.29, 0.717) is 11.2 Å². The largest absolute Gasteiger partial charge is 0.373 e. The lowest BCUT2D eigenvalue weighted by atomic mass is 10.1. The number of nitrogens with one attached hydrogen (secondary N) is 2. The number of hydrogen-bond donors (Lipinski definition) is 2. The summed E-state index contributed by atoms with van der Waals surface area (Å²) in [6.07, 6.45) is 3.44. The number of rotatable bonds is 4. The lowest BCUT2D eigenvalue weighted by Gasteiger charge is -2.13. The summed E-state index contributed by atoms with van der Waals surface area (Å²) in [4.78, 5) is 15.0. The minimum Gasteiger partial charge on any atom is -0.373 e. The fourth-order valence-electron chi connectivity index (χ4n) is 2.03. The van der Waals surface area contributed by atoms with E-state index in [9.17, 15) is 10.1 Å². The molecule has 0 radical (unpaired) electrons. The van der Waals surface area contributed by atoms with Crippen molar-refractivity contribution in [3.63, 3.8) is 0 Å². The van der Waals surface area contributed by atoms with E-state index >= 15 is 0 Å². The van der Waals surface area contributed by atoms with Gasteiger partial charge in [-0.25, -0.2) is 4.98 Å². The van der Waals surface area contributed by atoms with Crippen molar-refractivity contribution in [2.75, 3.05) is 5.32 Å². The van der Waals surface area contributed by atoms with Crippen LogP contribution in [0.2, 0.25) is 0 Å². The molecular weight excluding hydrogens is 278 g/mol. The molecule has 0 fully saturated rings. The van der Waals surface area contributed by atoms with Crippen LogP contribution in [0.5, 0.6) is 0 Å². The Bertz CT molecular complexity index is 752. The van der Waals surface area contributed by atoms with E-state index < -0.39 is 4.92 Å². The molecule has 0 aliphatic carbocycles. The van der Waals surface area contributed by atoms with E-state index in [0.717, 1.165) is 10.3 Å². The van der Waals surface area contributed by atoms with Crippen molar-refractivity contribution in [1.82, 2.24) is 15.2 Å². The predicted octanol–water partition coefficient (Wildman–Crippen LogP) is 3.10. The summed E-state index contributed by atoms with van der Waals surface area (Å²) in [5.41, 5.74) is 3.43. The van der Waals surface area contributed by atoms with Gasteiger partial charge in [0.05, 0.1) is 27.4 Å². The summed E-state index contributed by atoms with van der Waals surface area (Å²) >= 11 is 1.39. The maximum Gasteiger partial charge on any atom is 0.319 e. The number of anilines is 1. The maximum absolute atomic E-state index is 11.3. The SMILES string of the molecule is CC(Nc1ccc2scnc2c1[N+](=O)[O-])c1cn[nH]c1. The van der Waals surface area contributed by atoms with E-state index in [1.165, 1.54) is 11.3 Å². The first kappa shape index (κ1) is 12.5. The zero-order valence-electron chi connectivity index (χ0n) is 10.5. The summed E-state index contributed by atoms with van der Waals surface area (Å²) < 4.78 is 0.804. The van der Waals surface area contributed by atoms with Crippen LogP contribution in [0.4, 0.5) is 11.4 Å². The molecule has 0 bridgehead atoms. The Balaban J connectivity index is 2.02. The molecule has 20 heavy (non-hydrogen) atoms. The average molecular weight is 289 g/mol. The fourth-order valence-corrected chi connectivity index (χ4v) is 2.71. The third kappa shape index (κ3) is 2.10. The Kier molecular flexibility index (Phi) is 3.07. The summed E-state index contributed by atoms with van der Waals surface area (Å²) in [5, 5.41) is 21.1. The third-order valence-corrected chi connectivity index (χ3v) is 3.84. The molecule has 0 saturated carbocycles. The number of nitrogens with zero attached hydrogens (tertiary/aromatic N) is 3. The second-order valence-electron chi connectivity index (χ2n) is 4.32. The number of nitro benzene ring substituents is 1. The summed E-state index contributed by atoms with van der Waals surface area (Å²) in [6, 6.07) is 3.46. The van der Waals surface area contributed by atoms with Crippen LogP contribution in [0, 0.1) is 10.1 Å². The van der Waals surface area contributed by atoms with Crippen molar-refractivity contribution >= 4 is 32.9 Å². The van der Waals surface area contributed by atoms with Crippen LogP contribution in [0.15, 0.2) is 30.0 Å². The van der Waals surface area contributed by atoms with Gasteiger partial charge in [0, 0.05) is 11.8 Å². The van der Waals surface area contributed by atoms with Crippen LogP contribution in [0.1, 0.15) is 18.5 Å². The summed E-state index contributed by atoms with van der Waals surface area (Å²) in [6.45, 7) is 1.92. The smallest absolute Gasteiger partial charge is 0.319 e. The molecule has 7 nitrogen and oxygen atoms in total. The number of nitro groups is 1. The number of thiazole rings is 1. The zero-order valence-corrected chi connectivity index (χ0v) is 11.3. The number of hydrogen-bond acceptors (Lipinski definition) is 6. The van der Waals surface area contributed by atoms with E-state index in [-0.39, 0.29) is 11.7 Å². The first-order valence-corrected chi connectivity index (χ1v) is 6.80. The van der Waals surface area contributed by atoms with Gasteiger partial charge in [-0.3, -0.25) is 15.2 Å². The molecule has 0 aliphatic heterocycles. The topological polar surface area (TPSA) is 96.7 Å². The van der Waals surface area contributed by atoms with Crippen molar-refractivity contribution < 1.29 is 4.92 Å². The van der Waals surface area contributed by atoms with Gasteiger partial charge in [0.25, 0.3) is 0 Å². The Hall–Kier alpha value is -2.48. The minimum atomic E-state index is -0.396. The van der Waals surface area contributed by atoms with Crippen molar-refractivity contribution in [3.8, 4) is 0 Å². The maximum atomic E-state index is 11.3. The Morgan fingerprint density at radius 1 is 1.50 bits per heavy atom. The molecule has 102 valence electrons. The zero-order chi connectivity index (χ0) is 14.1. The second-order valence-corrected chi connectivity index (χ2v) is 5.20. The molecule has 0 spiro atoms. The van der Waals surface area contributed by atoms with Crippen LogP contribution in [-0.2, 0) is 0 Å². The fraction of sp³-hybridized carbons (Fsp3) is 0.167. The predicted molar refractivity (Wildman–Crippen MR) is 76.9 cm³/mol. The van der Waals surface area contributed by atoms with Crippen LogP contribution in [0.3, 0.4) is 0 Å². The highest BCUT2D eigenvalue weighted by atomic mass is 32.1. The van der Waals surface area contributed by atoms with Gasteiger partial charge in [0.15, 0.2) is 5.52 Å². The minimum absolute atomic E-state index is 0.0131. The molecule has 2 heterocycles. The molecule has 0 amide bonds. The lowest BCUT2D eigenvalue weighted by molar-refractivity contribution is -0.382. The molecule has 3 rings (SSSR count). The highest BCUT2D eigenvalue weighted by molar-refractivity contribution is 7.16. The molecule has 0 aliphatic rings. The van der Waals surface area contributed by atoms with Gasteiger partial charge in [-0.1, -0.05) is 0 Å². The standard InChI is InChI=1S/C12H11N5O2S/c1-7(8-4-14-15-5-8)16-9-2-3-10-11(13-6-20-10)12(9)17(18)19/h2-7,16H,1H3,(H,14,15). The van der Waals surface area contributed by atoms with Crippen molar-refractivity contribution in [2.24, 2.45) is 0 Å². The van der Waals surface area contributed by atoms with Gasteiger partial charge in [-0.15, -0.1) is 11.3 Å². The van der Waals surface area contributed by atoms with Gasteiger partial charge in [-0.05, 0) is 19.1 Å². The summed E-state index contributed by atoms with van der Waals surface area (Å²) in [5.74, 6) is 0. The number of aromatic nitrogens is 3.